The van der Waals surface area contributed by atoms with Crippen LogP contribution in [0.3, 0.4) is 0 Å². The molecule has 0 spiro atoms. The van der Waals surface area contributed by atoms with Crippen LogP contribution in [0.2, 0.25) is 0 Å². The molecule has 0 aromatic heterocycles. The van der Waals surface area contributed by atoms with E-state index in [2.05, 4.69) is 51.6 Å². The third kappa shape index (κ3) is 2.07. The fraction of sp³-hybridized carbons (Fsp3) is 0.385. The third-order valence-corrected chi connectivity index (χ3v) is 3.71. The second-order valence-electron chi connectivity index (χ2n) is 4.16. The highest BCUT2D eigenvalue weighted by molar-refractivity contribution is 7.27. The van der Waals surface area contributed by atoms with E-state index in [0.717, 1.165) is 6.42 Å². The van der Waals surface area contributed by atoms with Gasteiger partial charge in [-0.15, -0.1) is 0 Å². The first-order valence-corrected chi connectivity index (χ1v) is 5.80. The molecule has 0 nitrogen and oxygen atoms in total. The Hall–Kier alpha value is -0.610. The Labute approximate surface area is 89.6 Å². The molecule has 0 aliphatic carbocycles. The van der Waals surface area contributed by atoms with E-state index in [9.17, 15) is 0 Å². The van der Waals surface area contributed by atoms with Crippen LogP contribution in [0.25, 0.3) is 0 Å². The van der Waals surface area contributed by atoms with Crippen LogP contribution in [-0.2, 0) is 5.41 Å². The van der Waals surface area contributed by atoms with Crippen LogP contribution in [0.1, 0.15) is 32.8 Å². The molecule has 0 saturated heterocycles. The van der Waals surface area contributed by atoms with Gasteiger partial charge >= 0.3 is 0 Å². The van der Waals surface area contributed by atoms with Crippen molar-refractivity contribution < 1.29 is 0 Å². The molecule has 0 radical (unpaired) electrons. The Morgan fingerprint density at radius 1 is 1.36 bits per heavy atom. The van der Waals surface area contributed by atoms with Crippen molar-refractivity contribution in [3.8, 4) is 0 Å². The lowest BCUT2D eigenvalue weighted by atomic mass is 9.75. The molecule has 0 bridgehead atoms. The summed E-state index contributed by atoms with van der Waals surface area (Å²) in [5.41, 5.74) is 2.76. The van der Waals surface area contributed by atoms with Gasteiger partial charge in [-0.25, -0.2) is 0 Å². The molecule has 0 heterocycles. The topological polar surface area (TPSA) is 0 Å². The van der Waals surface area contributed by atoms with Crippen LogP contribution in [0.4, 0.5) is 0 Å². The molecule has 0 amide bonds. The lowest BCUT2D eigenvalue weighted by Crippen LogP contribution is -2.22. The van der Waals surface area contributed by atoms with Crippen LogP contribution in [0, 0.1) is 0 Å². The van der Waals surface area contributed by atoms with Crippen molar-refractivity contribution >= 4 is 14.5 Å². The maximum Gasteiger partial charge on any atom is 0.0865 e. The highest BCUT2D eigenvalue weighted by atomic mass is 31.0. The fourth-order valence-corrected chi connectivity index (χ4v) is 1.86. The van der Waals surface area contributed by atoms with E-state index < -0.39 is 0 Å². The van der Waals surface area contributed by atoms with E-state index in [0.29, 0.717) is 0 Å². The van der Waals surface area contributed by atoms with Crippen LogP contribution in [-0.4, -0.2) is 0 Å². The second kappa shape index (κ2) is 4.28. The molecule has 1 aromatic carbocycles. The zero-order valence-electron chi connectivity index (χ0n) is 9.43. The predicted octanol–water partition coefficient (Wildman–Crippen LogP) is 3.16. The van der Waals surface area contributed by atoms with Crippen molar-refractivity contribution in [1.29, 1.82) is 0 Å². The number of hydrogen-bond acceptors (Lipinski definition) is 0. The maximum absolute atomic E-state index is 4.10. The second-order valence-corrected chi connectivity index (χ2v) is 4.98. The molecule has 0 N–H and O–H groups in total. The SMILES string of the molecule is C=C(C)C(C)(CC)c1ccc([PH3+])cc1. The summed E-state index contributed by atoms with van der Waals surface area (Å²) in [5, 5.41) is 1.34. The minimum Gasteiger partial charge on any atom is -0.0993 e. The molecule has 1 aromatic rings. The Bertz CT molecular complexity index is 324. The summed E-state index contributed by atoms with van der Waals surface area (Å²) in [6, 6.07) is 8.82. The van der Waals surface area contributed by atoms with Crippen molar-refractivity contribution in [3.63, 3.8) is 0 Å². The van der Waals surface area contributed by atoms with E-state index in [-0.39, 0.29) is 5.41 Å². The number of allylic oxidation sites excluding steroid dienone is 1. The van der Waals surface area contributed by atoms with E-state index in [1.807, 2.05) is 9.24 Å². The quantitative estimate of drug-likeness (QED) is 0.527. The highest BCUT2D eigenvalue weighted by Gasteiger charge is 2.24. The summed E-state index contributed by atoms with van der Waals surface area (Å²) < 4.78 is 0. The number of benzene rings is 1. The Balaban J connectivity index is 3.13. The molecule has 0 fully saturated rings. The summed E-state index contributed by atoms with van der Waals surface area (Å²) in [6.07, 6.45) is 1.10. The molecule has 2 unspecified atom stereocenters. The van der Waals surface area contributed by atoms with Gasteiger partial charge in [-0.1, -0.05) is 38.1 Å². The molecule has 1 heteroatoms. The first-order valence-electron chi connectivity index (χ1n) is 5.09. The van der Waals surface area contributed by atoms with Crippen LogP contribution in [0.5, 0.6) is 0 Å². The Kier molecular flexibility index (Phi) is 3.50. The maximum atomic E-state index is 4.10. The van der Waals surface area contributed by atoms with Crippen molar-refractivity contribution in [2.75, 3.05) is 0 Å². The van der Waals surface area contributed by atoms with Gasteiger partial charge in [-0.05, 0) is 31.0 Å². The van der Waals surface area contributed by atoms with Gasteiger partial charge in [0.05, 0.1) is 5.30 Å². The fourth-order valence-electron chi connectivity index (χ4n) is 1.62. The van der Waals surface area contributed by atoms with Gasteiger partial charge in [0, 0.05) is 14.7 Å². The minimum absolute atomic E-state index is 0.136. The van der Waals surface area contributed by atoms with Crippen molar-refractivity contribution in [3.05, 3.63) is 42.0 Å². The lowest BCUT2D eigenvalue weighted by Gasteiger charge is -2.29. The van der Waals surface area contributed by atoms with E-state index in [1.165, 1.54) is 16.4 Å². The molecular formula is C13H20P+. The summed E-state index contributed by atoms with van der Waals surface area (Å²) in [6.45, 7) is 10.7. The standard InChI is InChI=1S/C13H19P/c1-5-13(4,10(2)3)11-6-8-12(14)9-7-11/h6-9H,2,5,14H2,1,3-4H3/p+1. The summed E-state index contributed by atoms with van der Waals surface area (Å²) in [7, 11) is 1.92. The van der Waals surface area contributed by atoms with Gasteiger partial charge in [0.1, 0.15) is 0 Å². The molecule has 0 saturated carbocycles. The third-order valence-electron chi connectivity index (χ3n) is 3.24. The van der Waals surface area contributed by atoms with Crippen molar-refractivity contribution in [2.45, 2.75) is 32.6 Å². The lowest BCUT2D eigenvalue weighted by molar-refractivity contribution is 0.538. The molecule has 0 aliphatic rings. The van der Waals surface area contributed by atoms with Crippen LogP contribution < -0.4 is 5.30 Å². The largest absolute Gasteiger partial charge is 0.0993 e. The normalized spacial score (nSPS) is 15.1. The van der Waals surface area contributed by atoms with Gasteiger partial charge in [0.2, 0.25) is 0 Å². The highest BCUT2D eigenvalue weighted by Crippen LogP contribution is 2.33. The van der Waals surface area contributed by atoms with Gasteiger partial charge < -0.3 is 0 Å². The van der Waals surface area contributed by atoms with E-state index in [4.69, 9.17) is 0 Å². The molecule has 2 atom stereocenters. The summed E-state index contributed by atoms with van der Waals surface area (Å²) in [4.78, 5) is 0. The molecule has 0 aliphatic heterocycles. The minimum atomic E-state index is 0.136. The molecule has 14 heavy (non-hydrogen) atoms. The first-order chi connectivity index (χ1) is 6.50. The average Bonchev–Trinajstić information content (AvgIpc) is 2.17. The van der Waals surface area contributed by atoms with E-state index in [1.54, 1.807) is 0 Å². The Morgan fingerprint density at radius 3 is 2.21 bits per heavy atom. The van der Waals surface area contributed by atoms with Crippen molar-refractivity contribution in [2.24, 2.45) is 0 Å². The van der Waals surface area contributed by atoms with E-state index >= 15 is 0 Å². The van der Waals surface area contributed by atoms with Gasteiger partial charge in [-0.3, -0.25) is 0 Å². The summed E-state index contributed by atoms with van der Waals surface area (Å²) >= 11 is 0. The molecule has 76 valence electrons. The Morgan fingerprint density at radius 2 is 1.86 bits per heavy atom. The van der Waals surface area contributed by atoms with Gasteiger partial charge in [0.25, 0.3) is 0 Å². The predicted molar refractivity (Wildman–Crippen MR) is 69.6 cm³/mol. The number of hydrogen-bond donors (Lipinski definition) is 0. The number of rotatable bonds is 3. The van der Waals surface area contributed by atoms with Crippen LogP contribution >= 0.6 is 9.24 Å². The first kappa shape index (κ1) is 11.5. The van der Waals surface area contributed by atoms with Gasteiger partial charge in [0.15, 0.2) is 0 Å². The zero-order valence-corrected chi connectivity index (χ0v) is 10.8. The molecule has 1 rings (SSSR count). The van der Waals surface area contributed by atoms with Crippen molar-refractivity contribution in [1.82, 2.24) is 0 Å². The average molecular weight is 207 g/mol. The molecular weight excluding hydrogens is 187 g/mol. The summed E-state index contributed by atoms with van der Waals surface area (Å²) in [5.74, 6) is 0. The van der Waals surface area contributed by atoms with Crippen LogP contribution in [0.15, 0.2) is 36.4 Å². The zero-order chi connectivity index (χ0) is 10.8. The smallest absolute Gasteiger partial charge is 0.0865 e. The monoisotopic (exact) mass is 207 g/mol. The van der Waals surface area contributed by atoms with Gasteiger partial charge in [-0.2, -0.15) is 0 Å².